The second-order valence-corrected chi connectivity index (χ2v) is 5.00. The molecule has 1 aliphatic carbocycles. The summed E-state index contributed by atoms with van der Waals surface area (Å²) in [6, 6.07) is 14.9. The summed E-state index contributed by atoms with van der Waals surface area (Å²) in [6.07, 6.45) is 2.55. The highest BCUT2D eigenvalue weighted by atomic mass is 16.2. The van der Waals surface area contributed by atoms with Crippen LogP contribution in [0.5, 0.6) is 0 Å². The predicted octanol–water partition coefficient (Wildman–Crippen LogP) is 2.88. The topological polar surface area (TPSA) is 37.4 Å². The van der Waals surface area contributed by atoms with Gasteiger partial charge in [-0.25, -0.2) is 4.90 Å². The van der Waals surface area contributed by atoms with Gasteiger partial charge in [-0.3, -0.25) is 9.59 Å². The van der Waals surface area contributed by atoms with E-state index in [4.69, 9.17) is 0 Å². The molecule has 0 unspecified atom stereocenters. The van der Waals surface area contributed by atoms with Crippen LogP contribution in [-0.2, 0) is 6.42 Å². The van der Waals surface area contributed by atoms with E-state index < -0.39 is 0 Å². The molecule has 1 heterocycles. The predicted molar refractivity (Wildman–Crippen MR) is 75.1 cm³/mol. The molecule has 0 radical (unpaired) electrons. The molecule has 20 heavy (non-hydrogen) atoms. The number of imide groups is 1. The SMILES string of the molecule is O=C1c2ccccc2C(=O)N1C1=Cc2ccccc2C1. The van der Waals surface area contributed by atoms with Crippen LogP contribution in [0.3, 0.4) is 0 Å². The molecule has 2 aromatic carbocycles. The molecule has 4 rings (SSSR count). The van der Waals surface area contributed by atoms with Crippen LogP contribution < -0.4 is 0 Å². The third-order valence-electron chi connectivity index (χ3n) is 3.83. The standard InChI is InChI=1S/C17H11NO2/c19-16-14-7-3-4-8-15(14)17(20)18(16)13-9-11-5-1-2-6-12(11)10-13/h1-9H,10H2. The molecule has 0 bridgehead atoms. The van der Waals surface area contributed by atoms with Gasteiger partial charge in [-0.2, -0.15) is 0 Å². The minimum absolute atomic E-state index is 0.218. The van der Waals surface area contributed by atoms with Crippen molar-refractivity contribution in [1.82, 2.24) is 4.90 Å². The summed E-state index contributed by atoms with van der Waals surface area (Å²) >= 11 is 0. The first kappa shape index (κ1) is 11.2. The van der Waals surface area contributed by atoms with Crippen molar-refractivity contribution in [3.63, 3.8) is 0 Å². The monoisotopic (exact) mass is 261 g/mol. The van der Waals surface area contributed by atoms with Gasteiger partial charge in [0.1, 0.15) is 0 Å². The Hall–Kier alpha value is -2.68. The number of fused-ring (bicyclic) bond motifs is 2. The molecule has 3 heteroatoms. The highest BCUT2D eigenvalue weighted by Crippen LogP contribution is 2.32. The Morgan fingerprint density at radius 1 is 0.800 bits per heavy atom. The number of allylic oxidation sites excluding steroid dienone is 1. The summed E-state index contributed by atoms with van der Waals surface area (Å²) in [5.74, 6) is -0.436. The van der Waals surface area contributed by atoms with E-state index in [1.165, 1.54) is 4.90 Å². The molecule has 0 fully saturated rings. The van der Waals surface area contributed by atoms with Crippen LogP contribution in [0.1, 0.15) is 31.8 Å². The van der Waals surface area contributed by atoms with Crippen molar-refractivity contribution in [2.24, 2.45) is 0 Å². The van der Waals surface area contributed by atoms with Crippen LogP contribution in [0.25, 0.3) is 6.08 Å². The quantitative estimate of drug-likeness (QED) is 0.740. The van der Waals surface area contributed by atoms with Gasteiger partial charge in [-0.15, -0.1) is 0 Å². The molecule has 0 saturated heterocycles. The van der Waals surface area contributed by atoms with Crippen LogP contribution in [-0.4, -0.2) is 16.7 Å². The van der Waals surface area contributed by atoms with E-state index in [-0.39, 0.29) is 11.8 Å². The highest BCUT2D eigenvalue weighted by molar-refractivity contribution is 6.22. The van der Waals surface area contributed by atoms with Crippen molar-refractivity contribution in [2.45, 2.75) is 6.42 Å². The van der Waals surface area contributed by atoms with Crippen LogP contribution in [0.15, 0.2) is 54.2 Å². The Morgan fingerprint density at radius 3 is 2.05 bits per heavy atom. The summed E-state index contributed by atoms with van der Waals surface area (Å²) in [5.41, 5.74) is 3.99. The van der Waals surface area contributed by atoms with E-state index in [1.54, 1.807) is 24.3 Å². The van der Waals surface area contributed by atoms with Crippen molar-refractivity contribution in [3.05, 3.63) is 76.5 Å². The van der Waals surface area contributed by atoms with E-state index in [1.807, 2.05) is 30.3 Å². The van der Waals surface area contributed by atoms with Crippen molar-refractivity contribution < 1.29 is 9.59 Å². The molecule has 1 aliphatic heterocycles. The first-order valence-corrected chi connectivity index (χ1v) is 6.52. The van der Waals surface area contributed by atoms with Crippen LogP contribution in [0.2, 0.25) is 0 Å². The largest absolute Gasteiger partial charge is 0.268 e. The lowest BCUT2D eigenvalue weighted by atomic mass is 10.1. The Kier molecular flexibility index (Phi) is 2.18. The molecule has 0 spiro atoms. The third-order valence-corrected chi connectivity index (χ3v) is 3.83. The average molecular weight is 261 g/mol. The van der Waals surface area contributed by atoms with Gasteiger partial charge in [0, 0.05) is 12.1 Å². The van der Waals surface area contributed by atoms with Crippen LogP contribution in [0, 0.1) is 0 Å². The first-order chi connectivity index (χ1) is 9.75. The fourth-order valence-corrected chi connectivity index (χ4v) is 2.86. The number of carbonyl (C=O) groups is 2. The Labute approximate surface area is 116 Å². The number of rotatable bonds is 1. The zero-order chi connectivity index (χ0) is 13.7. The van der Waals surface area contributed by atoms with Crippen LogP contribution in [0.4, 0.5) is 0 Å². The van der Waals surface area contributed by atoms with E-state index in [0.29, 0.717) is 17.5 Å². The zero-order valence-electron chi connectivity index (χ0n) is 10.7. The fraction of sp³-hybridized carbons (Fsp3) is 0.0588. The van der Waals surface area contributed by atoms with Gasteiger partial charge in [0.15, 0.2) is 0 Å². The van der Waals surface area contributed by atoms with Crippen molar-refractivity contribution in [3.8, 4) is 0 Å². The van der Waals surface area contributed by atoms with Crippen molar-refractivity contribution in [2.75, 3.05) is 0 Å². The molecular formula is C17H11NO2. The molecule has 96 valence electrons. The van der Waals surface area contributed by atoms with Crippen LogP contribution >= 0.6 is 0 Å². The molecular weight excluding hydrogens is 250 g/mol. The Morgan fingerprint density at radius 2 is 1.40 bits per heavy atom. The molecule has 0 saturated carbocycles. The second kappa shape index (κ2) is 3.90. The number of nitrogens with zero attached hydrogens (tertiary/aromatic N) is 1. The smallest absolute Gasteiger partial charge is 0.265 e. The lowest BCUT2D eigenvalue weighted by Crippen LogP contribution is -2.28. The number of hydrogen-bond acceptors (Lipinski definition) is 2. The molecule has 2 aliphatic rings. The minimum atomic E-state index is -0.218. The summed E-state index contributed by atoms with van der Waals surface area (Å²) in [7, 11) is 0. The van der Waals surface area contributed by atoms with Gasteiger partial charge >= 0.3 is 0 Å². The van der Waals surface area contributed by atoms with Crippen molar-refractivity contribution in [1.29, 1.82) is 0 Å². The van der Waals surface area contributed by atoms with Gasteiger partial charge in [0.2, 0.25) is 0 Å². The summed E-state index contributed by atoms with van der Waals surface area (Å²) in [5, 5.41) is 0. The first-order valence-electron chi connectivity index (χ1n) is 6.52. The molecule has 0 aromatic heterocycles. The van der Waals surface area contributed by atoms with Gasteiger partial charge in [0.25, 0.3) is 11.8 Å². The van der Waals surface area contributed by atoms with E-state index in [2.05, 4.69) is 0 Å². The van der Waals surface area contributed by atoms with Gasteiger partial charge in [0.05, 0.1) is 11.1 Å². The maximum atomic E-state index is 12.4. The number of carbonyl (C=O) groups excluding carboxylic acids is 2. The molecule has 2 amide bonds. The molecule has 2 aromatic rings. The lowest BCUT2D eigenvalue weighted by Gasteiger charge is -2.14. The second-order valence-electron chi connectivity index (χ2n) is 5.00. The van der Waals surface area contributed by atoms with Gasteiger partial charge in [-0.1, -0.05) is 36.4 Å². The lowest BCUT2D eigenvalue weighted by molar-refractivity contribution is 0.0703. The van der Waals surface area contributed by atoms with Crippen molar-refractivity contribution >= 4 is 17.9 Å². The number of amides is 2. The Bertz CT molecular complexity index is 754. The molecule has 3 nitrogen and oxygen atoms in total. The third kappa shape index (κ3) is 1.40. The molecule has 0 N–H and O–H groups in total. The number of benzene rings is 2. The minimum Gasteiger partial charge on any atom is -0.268 e. The van der Waals surface area contributed by atoms with Gasteiger partial charge < -0.3 is 0 Å². The summed E-state index contributed by atoms with van der Waals surface area (Å²) in [4.78, 5) is 26.1. The summed E-state index contributed by atoms with van der Waals surface area (Å²) < 4.78 is 0. The summed E-state index contributed by atoms with van der Waals surface area (Å²) in [6.45, 7) is 0. The fourth-order valence-electron chi connectivity index (χ4n) is 2.86. The highest BCUT2D eigenvalue weighted by Gasteiger charge is 2.38. The van der Waals surface area contributed by atoms with E-state index >= 15 is 0 Å². The zero-order valence-corrected chi connectivity index (χ0v) is 10.7. The molecule has 0 atom stereocenters. The Balaban J connectivity index is 1.77. The number of hydrogen-bond donors (Lipinski definition) is 0. The van der Waals surface area contributed by atoms with E-state index in [0.717, 1.165) is 16.8 Å². The average Bonchev–Trinajstić information content (AvgIpc) is 3.00. The maximum absolute atomic E-state index is 12.4. The van der Waals surface area contributed by atoms with E-state index in [9.17, 15) is 9.59 Å². The van der Waals surface area contributed by atoms with Gasteiger partial charge in [-0.05, 0) is 29.3 Å². The maximum Gasteiger partial charge on any atom is 0.265 e. The normalized spacial score (nSPS) is 16.2.